The van der Waals surface area contributed by atoms with E-state index >= 15 is 0 Å². The Hall–Kier alpha value is -2.38. The Balaban J connectivity index is 5.04. The van der Waals surface area contributed by atoms with Gasteiger partial charge in [0, 0.05) is 0 Å². The number of thioether (sulfide) groups is 1. The normalized spacial score (nSPS) is 13.7. The van der Waals surface area contributed by atoms with Gasteiger partial charge in [0.1, 0.15) is 18.1 Å². The van der Waals surface area contributed by atoms with Crippen LogP contribution in [0.3, 0.4) is 0 Å². The number of carbonyl (C=O) groups excluding carboxylic acids is 3. The smallest absolute Gasteiger partial charge is 0.326 e. The van der Waals surface area contributed by atoms with Crippen LogP contribution in [0.4, 0.5) is 0 Å². The zero-order chi connectivity index (χ0) is 21.0. The van der Waals surface area contributed by atoms with Crippen molar-refractivity contribution in [1.29, 1.82) is 0 Å². The van der Waals surface area contributed by atoms with Crippen molar-refractivity contribution >= 4 is 41.4 Å². The quantitative estimate of drug-likeness (QED) is 0.161. The molecule has 0 radical (unpaired) electrons. The number of nitrogens with one attached hydrogen (secondary N) is 3. The van der Waals surface area contributed by atoms with Gasteiger partial charge in [0.2, 0.25) is 17.7 Å². The molecule has 3 unspecified atom stereocenters. The monoisotopic (exact) mass is 408 g/mol. The van der Waals surface area contributed by atoms with E-state index in [1.54, 1.807) is 6.26 Å². The summed E-state index contributed by atoms with van der Waals surface area (Å²) in [5, 5.41) is 33.6. The maximum Gasteiger partial charge on any atom is 0.326 e. The largest absolute Gasteiger partial charge is 0.481 e. The topological polar surface area (TPSA) is 208 Å². The second-order valence-corrected chi connectivity index (χ2v) is 6.33. The van der Waals surface area contributed by atoms with Gasteiger partial charge in [0.15, 0.2) is 0 Å². The third kappa shape index (κ3) is 9.77. The molecule has 3 amide bonds. The summed E-state index contributed by atoms with van der Waals surface area (Å²) in [6, 6.07) is -4.27. The highest BCUT2D eigenvalue weighted by Crippen LogP contribution is 2.02. The molecule has 0 spiro atoms. The fourth-order valence-electron chi connectivity index (χ4n) is 1.87. The molecule has 27 heavy (non-hydrogen) atoms. The molecule has 0 heterocycles. The first-order chi connectivity index (χ1) is 12.7. The predicted molar refractivity (Wildman–Crippen MR) is 94.8 cm³/mol. The summed E-state index contributed by atoms with van der Waals surface area (Å²) in [5.41, 5.74) is 5.10. The number of aliphatic carboxylic acids is 2. The molecule has 0 aromatic rings. The number of hydrogen-bond acceptors (Lipinski definition) is 8. The van der Waals surface area contributed by atoms with Crippen LogP contribution in [-0.4, -0.2) is 88.3 Å². The molecule has 0 aromatic heterocycles. The molecule has 3 atom stereocenters. The highest BCUT2D eigenvalue weighted by Gasteiger charge is 2.30. The number of aliphatic hydroxyl groups is 1. The van der Waals surface area contributed by atoms with E-state index < -0.39 is 67.4 Å². The van der Waals surface area contributed by atoms with E-state index in [1.807, 2.05) is 0 Å². The number of hydrogen-bond donors (Lipinski definition) is 7. The molecule has 8 N–H and O–H groups in total. The lowest BCUT2D eigenvalue weighted by Gasteiger charge is -2.22. The molecule has 0 aliphatic rings. The number of amides is 3. The van der Waals surface area contributed by atoms with Crippen molar-refractivity contribution in [2.75, 3.05) is 25.2 Å². The third-order valence-corrected chi connectivity index (χ3v) is 3.90. The summed E-state index contributed by atoms with van der Waals surface area (Å²) in [6.07, 6.45) is 1.11. The van der Waals surface area contributed by atoms with E-state index in [1.165, 1.54) is 11.8 Å². The van der Waals surface area contributed by atoms with Crippen molar-refractivity contribution in [2.45, 2.75) is 31.0 Å². The van der Waals surface area contributed by atoms with E-state index in [9.17, 15) is 29.1 Å². The highest BCUT2D eigenvalue weighted by atomic mass is 32.2. The summed E-state index contributed by atoms with van der Waals surface area (Å²) in [6.45, 7) is -1.35. The Morgan fingerprint density at radius 2 is 1.52 bits per heavy atom. The minimum atomic E-state index is -1.53. The third-order valence-electron chi connectivity index (χ3n) is 3.26. The summed E-state index contributed by atoms with van der Waals surface area (Å²) in [7, 11) is 0. The molecule has 0 aliphatic heterocycles. The molecular formula is C14H24N4O8S. The summed E-state index contributed by atoms with van der Waals surface area (Å²) in [4.78, 5) is 57.6. The van der Waals surface area contributed by atoms with E-state index in [2.05, 4.69) is 16.0 Å². The van der Waals surface area contributed by atoms with Crippen LogP contribution in [-0.2, 0) is 24.0 Å². The molecule has 0 aliphatic carbocycles. The fraction of sp³-hybridized carbons (Fsp3) is 0.643. The van der Waals surface area contributed by atoms with Crippen LogP contribution in [0.25, 0.3) is 0 Å². The molecule has 0 fully saturated rings. The number of carboxylic acid groups (broad SMARTS) is 2. The van der Waals surface area contributed by atoms with Gasteiger partial charge in [-0.25, -0.2) is 4.79 Å². The van der Waals surface area contributed by atoms with Crippen molar-refractivity contribution in [3.8, 4) is 0 Å². The van der Waals surface area contributed by atoms with Gasteiger partial charge < -0.3 is 37.0 Å². The number of nitrogens with two attached hydrogens (primary N) is 1. The minimum Gasteiger partial charge on any atom is -0.481 e. The number of carboxylic acids is 2. The Morgan fingerprint density at radius 3 is 1.96 bits per heavy atom. The first kappa shape index (κ1) is 24.6. The van der Waals surface area contributed by atoms with E-state index in [4.69, 9.17) is 15.9 Å². The van der Waals surface area contributed by atoms with Crippen LogP contribution in [0.2, 0.25) is 0 Å². The van der Waals surface area contributed by atoms with Crippen LogP contribution in [0.15, 0.2) is 0 Å². The number of rotatable bonds is 13. The van der Waals surface area contributed by atoms with E-state index in [0.29, 0.717) is 5.75 Å². The Kier molecular flexibility index (Phi) is 11.8. The van der Waals surface area contributed by atoms with Gasteiger partial charge in [0.05, 0.1) is 19.6 Å². The lowest BCUT2D eigenvalue weighted by Crippen LogP contribution is -2.57. The molecule has 154 valence electrons. The molecule has 0 saturated heterocycles. The van der Waals surface area contributed by atoms with Crippen LogP contribution < -0.4 is 21.7 Å². The van der Waals surface area contributed by atoms with Gasteiger partial charge in [-0.2, -0.15) is 11.8 Å². The van der Waals surface area contributed by atoms with E-state index in [-0.39, 0.29) is 6.42 Å². The molecule has 0 saturated carbocycles. The zero-order valence-corrected chi connectivity index (χ0v) is 15.5. The van der Waals surface area contributed by atoms with Crippen LogP contribution in [0.1, 0.15) is 12.8 Å². The maximum absolute atomic E-state index is 12.2. The molecular weight excluding hydrogens is 384 g/mol. The van der Waals surface area contributed by atoms with Gasteiger partial charge >= 0.3 is 11.9 Å². The average molecular weight is 408 g/mol. The summed E-state index contributed by atoms with van der Waals surface area (Å²) >= 11 is 1.38. The van der Waals surface area contributed by atoms with Crippen LogP contribution in [0, 0.1) is 0 Å². The van der Waals surface area contributed by atoms with Crippen molar-refractivity contribution < 1.29 is 39.3 Å². The first-order valence-electron chi connectivity index (χ1n) is 7.80. The molecule has 13 heteroatoms. The first-order valence-corrected chi connectivity index (χ1v) is 9.20. The highest BCUT2D eigenvalue weighted by molar-refractivity contribution is 7.98. The Labute approximate surface area is 159 Å². The lowest BCUT2D eigenvalue weighted by molar-refractivity contribution is -0.143. The average Bonchev–Trinajstić information content (AvgIpc) is 2.61. The molecule has 0 aromatic carbocycles. The SMILES string of the molecule is CSCCC(NC(=O)C(CO)NC(=O)C(CC(=O)O)NC(=O)CN)C(=O)O. The fourth-order valence-corrected chi connectivity index (χ4v) is 2.34. The molecule has 12 nitrogen and oxygen atoms in total. The second-order valence-electron chi connectivity index (χ2n) is 5.35. The lowest BCUT2D eigenvalue weighted by atomic mass is 10.1. The second kappa shape index (κ2) is 12.9. The van der Waals surface area contributed by atoms with Gasteiger partial charge in [-0.3, -0.25) is 19.2 Å². The van der Waals surface area contributed by atoms with Gasteiger partial charge in [-0.1, -0.05) is 0 Å². The zero-order valence-electron chi connectivity index (χ0n) is 14.6. The molecule has 0 rings (SSSR count). The number of carbonyl (C=O) groups is 5. The van der Waals surface area contributed by atoms with Crippen molar-refractivity contribution in [3.05, 3.63) is 0 Å². The summed E-state index contributed by atoms with van der Waals surface area (Å²) in [5.74, 6) is -4.99. The van der Waals surface area contributed by atoms with Crippen LogP contribution >= 0.6 is 11.8 Å². The van der Waals surface area contributed by atoms with Gasteiger partial charge in [-0.05, 0) is 18.4 Å². The Bertz CT molecular complexity index is 559. The van der Waals surface area contributed by atoms with Crippen molar-refractivity contribution in [3.63, 3.8) is 0 Å². The molecule has 0 bridgehead atoms. The van der Waals surface area contributed by atoms with Crippen molar-refractivity contribution in [1.82, 2.24) is 16.0 Å². The van der Waals surface area contributed by atoms with E-state index in [0.717, 1.165) is 0 Å². The maximum atomic E-state index is 12.2. The summed E-state index contributed by atoms with van der Waals surface area (Å²) < 4.78 is 0. The standard InChI is InChI=1S/C14H24N4O8S/c1-27-3-2-7(14(25)26)17-13(24)9(6-19)18-12(23)8(4-11(21)22)16-10(20)5-15/h7-9,19H,2-6,15H2,1H3,(H,16,20)(H,17,24)(H,18,23)(H,21,22)(H,25,26). The van der Waals surface area contributed by atoms with Crippen LogP contribution in [0.5, 0.6) is 0 Å². The van der Waals surface area contributed by atoms with Gasteiger partial charge in [-0.15, -0.1) is 0 Å². The predicted octanol–water partition coefficient (Wildman–Crippen LogP) is -3.30. The number of aliphatic hydroxyl groups excluding tert-OH is 1. The van der Waals surface area contributed by atoms with Gasteiger partial charge in [0.25, 0.3) is 0 Å². The van der Waals surface area contributed by atoms with Crippen molar-refractivity contribution in [2.24, 2.45) is 5.73 Å². The minimum absolute atomic E-state index is 0.128. The Morgan fingerprint density at radius 1 is 0.963 bits per heavy atom.